The summed E-state index contributed by atoms with van der Waals surface area (Å²) < 4.78 is 2.07. The lowest BCUT2D eigenvalue weighted by Gasteiger charge is -2.14. The Labute approximate surface area is 179 Å². The highest BCUT2D eigenvalue weighted by molar-refractivity contribution is 8.15. The van der Waals surface area contributed by atoms with Crippen molar-refractivity contribution in [2.75, 3.05) is 0 Å². The van der Waals surface area contributed by atoms with Gasteiger partial charge in [-0.25, -0.2) is 9.36 Å². The molecule has 2 amide bonds. The number of thioether (sulfide) groups is 1. The number of benzene rings is 2. The fourth-order valence-electron chi connectivity index (χ4n) is 3.58. The lowest BCUT2D eigenvalue weighted by atomic mass is 10.1. The van der Waals surface area contributed by atoms with Crippen molar-refractivity contribution in [1.82, 2.24) is 14.5 Å². The zero-order chi connectivity index (χ0) is 22.1. The summed E-state index contributed by atoms with van der Waals surface area (Å²) in [7, 11) is 0. The number of rotatable bonds is 6. The predicted molar refractivity (Wildman–Crippen MR) is 114 cm³/mol. The van der Waals surface area contributed by atoms with Crippen LogP contribution in [0.3, 0.4) is 0 Å². The first-order valence-electron chi connectivity index (χ1n) is 9.37. The molecule has 1 aliphatic rings. The quantitative estimate of drug-likeness (QED) is 0.591. The van der Waals surface area contributed by atoms with Crippen LogP contribution in [0.2, 0.25) is 0 Å². The minimum absolute atomic E-state index is 0.107. The SMILES string of the molecule is O=C(O)Cn1c(=O)c2ccccc2n(Cc2cccc(CC3SC(=O)NC3=O)c2)c1=O. The number of nitrogens with one attached hydrogen (secondary N) is 1. The van der Waals surface area contributed by atoms with Gasteiger partial charge in [0.2, 0.25) is 5.91 Å². The lowest BCUT2D eigenvalue weighted by Crippen LogP contribution is -2.41. The second kappa shape index (κ2) is 8.23. The Balaban J connectivity index is 1.73. The zero-order valence-electron chi connectivity index (χ0n) is 16.1. The maximum atomic E-state index is 13.0. The summed E-state index contributed by atoms with van der Waals surface area (Å²) in [6.07, 6.45) is 0.351. The van der Waals surface area contributed by atoms with Gasteiger partial charge in [-0.3, -0.25) is 29.1 Å². The minimum Gasteiger partial charge on any atom is -0.480 e. The predicted octanol–water partition coefficient (Wildman–Crippen LogP) is 1.19. The van der Waals surface area contributed by atoms with Crippen molar-refractivity contribution >= 4 is 39.8 Å². The van der Waals surface area contributed by atoms with Crippen molar-refractivity contribution in [2.24, 2.45) is 0 Å². The van der Waals surface area contributed by atoms with E-state index in [1.807, 2.05) is 12.1 Å². The Bertz CT molecular complexity index is 1340. The number of hydrogen-bond donors (Lipinski definition) is 2. The molecule has 1 saturated heterocycles. The number of carbonyl (C=O) groups excluding carboxylic acids is 2. The Morgan fingerprint density at radius 3 is 2.45 bits per heavy atom. The molecule has 1 unspecified atom stereocenters. The fraction of sp³-hybridized carbons (Fsp3) is 0.190. The molecular formula is C21H17N3O6S. The van der Waals surface area contributed by atoms with Crippen LogP contribution in [-0.2, 0) is 29.1 Å². The molecule has 0 spiro atoms. The number of nitrogens with zero attached hydrogens (tertiary/aromatic N) is 2. The van der Waals surface area contributed by atoms with E-state index in [1.165, 1.54) is 4.57 Å². The van der Waals surface area contributed by atoms with E-state index in [0.29, 0.717) is 16.5 Å². The second-order valence-electron chi connectivity index (χ2n) is 7.08. The van der Waals surface area contributed by atoms with Gasteiger partial charge in [-0.1, -0.05) is 48.2 Å². The van der Waals surface area contributed by atoms with Crippen LogP contribution in [0.1, 0.15) is 11.1 Å². The van der Waals surface area contributed by atoms with Crippen molar-refractivity contribution in [3.05, 3.63) is 80.5 Å². The van der Waals surface area contributed by atoms with Crippen molar-refractivity contribution in [3.8, 4) is 0 Å². The van der Waals surface area contributed by atoms with E-state index >= 15 is 0 Å². The highest BCUT2D eigenvalue weighted by atomic mass is 32.2. The standard InChI is InChI=1S/C21H17N3O6S/c25-17(26)11-24-19(28)14-6-1-2-7-15(14)23(21(24)30)10-13-5-3-4-12(8-13)9-16-18(27)22-20(29)31-16/h1-8,16H,9-11H2,(H,25,26)(H,22,27,29). The maximum Gasteiger partial charge on any atom is 0.332 e. The molecule has 2 aromatic carbocycles. The van der Waals surface area contributed by atoms with Gasteiger partial charge in [0.15, 0.2) is 0 Å². The number of imide groups is 1. The summed E-state index contributed by atoms with van der Waals surface area (Å²) in [5.41, 5.74) is 0.590. The Morgan fingerprint density at radius 1 is 1.00 bits per heavy atom. The van der Waals surface area contributed by atoms with Crippen LogP contribution in [0.25, 0.3) is 10.9 Å². The highest BCUT2D eigenvalue weighted by Crippen LogP contribution is 2.23. The molecule has 2 heterocycles. The van der Waals surface area contributed by atoms with Gasteiger partial charge in [0.25, 0.3) is 10.8 Å². The minimum atomic E-state index is -1.29. The Morgan fingerprint density at radius 2 is 1.74 bits per heavy atom. The third-order valence-electron chi connectivity index (χ3n) is 4.95. The summed E-state index contributed by atoms with van der Waals surface area (Å²) in [6.45, 7) is -0.624. The number of aliphatic carboxylic acids is 1. The Kier molecular flexibility index (Phi) is 5.47. The van der Waals surface area contributed by atoms with Gasteiger partial charge in [-0.15, -0.1) is 0 Å². The van der Waals surface area contributed by atoms with Crippen LogP contribution in [0.5, 0.6) is 0 Å². The van der Waals surface area contributed by atoms with E-state index in [1.54, 1.807) is 36.4 Å². The summed E-state index contributed by atoms with van der Waals surface area (Å²) >= 11 is 0.943. The van der Waals surface area contributed by atoms with Crippen LogP contribution in [0, 0.1) is 0 Å². The maximum absolute atomic E-state index is 13.0. The molecule has 4 rings (SSSR count). The second-order valence-corrected chi connectivity index (χ2v) is 8.25. The molecule has 31 heavy (non-hydrogen) atoms. The van der Waals surface area contributed by atoms with Gasteiger partial charge >= 0.3 is 11.7 Å². The average molecular weight is 439 g/mol. The molecular weight excluding hydrogens is 422 g/mol. The number of aromatic nitrogens is 2. The van der Waals surface area contributed by atoms with Gasteiger partial charge in [0.05, 0.1) is 22.7 Å². The number of amides is 2. The lowest BCUT2D eigenvalue weighted by molar-refractivity contribution is -0.137. The van der Waals surface area contributed by atoms with E-state index in [9.17, 15) is 24.0 Å². The highest BCUT2D eigenvalue weighted by Gasteiger charge is 2.31. The first-order chi connectivity index (χ1) is 14.8. The molecule has 1 atom stereocenters. The molecule has 9 nitrogen and oxygen atoms in total. The number of carbonyl (C=O) groups is 3. The smallest absolute Gasteiger partial charge is 0.332 e. The van der Waals surface area contributed by atoms with Gasteiger partial charge in [0.1, 0.15) is 6.54 Å². The third-order valence-corrected chi connectivity index (χ3v) is 5.93. The first-order valence-corrected chi connectivity index (χ1v) is 10.2. The first kappa shape index (κ1) is 20.6. The number of hydrogen-bond acceptors (Lipinski definition) is 6. The topological polar surface area (TPSA) is 127 Å². The monoisotopic (exact) mass is 439 g/mol. The fourth-order valence-corrected chi connectivity index (χ4v) is 4.44. The molecule has 10 heteroatoms. The Hall–Kier alpha value is -3.66. The van der Waals surface area contributed by atoms with Gasteiger partial charge in [-0.05, 0) is 29.7 Å². The van der Waals surface area contributed by atoms with E-state index in [2.05, 4.69) is 5.32 Å². The molecule has 1 aromatic heterocycles. The van der Waals surface area contributed by atoms with Crippen molar-refractivity contribution in [2.45, 2.75) is 24.8 Å². The summed E-state index contributed by atoms with van der Waals surface area (Å²) in [6, 6.07) is 13.8. The number of fused-ring (bicyclic) bond motifs is 1. The normalized spacial score (nSPS) is 15.9. The van der Waals surface area contributed by atoms with Gasteiger partial charge in [-0.2, -0.15) is 0 Å². The molecule has 0 radical (unpaired) electrons. The van der Waals surface area contributed by atoms with Gasteiger partial charge in [0, 0.05) is 0 Å². The number of carboxylic acid groups (broad SMARTS) is 1. The molecule has 0 aliphatic carbocycles. The van der Waals surface area contributed by atoms with Crippen molar-refractivity contribution in [3.63, 3.8) is 0 Å². The number of carboxylic acids is 1. The molecule has 1 aliphatic heterocycles. The van der Waals surface area contributed by atoms with Crippen LogP contribution in [0.4, 0.5) is 4.79 Å². The summed E-state index contributed by atoms with van der Waals surface area (Å²) in [5, 5.41) is 10.7. The van der Waals surface area contributed by atoms with Gasteiger partial charge < -0.3 is 5.11 Å². The average Bonchev–Trinajstić information content (AvgIpc) is 3.05. The van der Waals surface area contributed by atoms with Crippen LogP contribution < -0.4 is 16.6 Å². The molecule has 158 valence electrons. The van der Waals surface area contributed by atoms with E-state index in [-0.39, 0.29) is 23.1 Å². The van der Waals surface area contributed by atoms with Crippen LogP contribution >= 0.6 is 11.8 Å². The molecule has 3 aromatic rings. The molecule has 0 saturated carbocycles. The molecule has 1 fully saturated rings. The third kappa shape index (κ3) is 4.15. The van der Waals surface area contributed by atoms with Crippen LogP contribution in [0.15, 0.2) is 58.1 Å². The summed E-state index contributed by atoms with van der Waals surface area (Å²) in [5.74, 6) is -1.62. The number of para-hydroxylation sites is 1. The van der Waals surface area contributed by atoms with Crippen molar-refractivity contribution in [1.29, 1.82) is 0 Å². The largest absolute Gasteiger partial charge is 0.480 e. The zero-order valence-corrected chi connectivity index (χ0v) is 16.9. The van der Waals surface area contributed by atoms with Crippen molar-refractivity contribution < 1.29 is 19.5 Å². The van der Waals surface area contributed by atoms with E-state index in [0.717, 1.165) is 22.9 Å². The van der Waals surface area contributed by atoms with E-state index < -0.39 is 29.0 Å². The molecule has 2 N–H and O–H groups in total. The molecule has 0 bridgehead atoms. The summed E-state index contributed by atoms with van der Waals surface area (Å²) in [4.78, 5) is 60.0. The van der Waals surface area contributed by atoms with E-state index in [4.69, 9.17) is 5.11 Å². The van der Waals surface area contributed by atoms with Crippen LogP contribution in [-0.4, -0.2) is 36.6 Å².